The number of rotatable bonds is 11. The molecule has 0 saturated carbocycles. The molecular weight excluding hydrogens is 272 g/mol. The molecule has 0 radical (unpaired) electrons. The van der Waals surface area contributed by atoms with E-state index in [2.05, 4.69) is 0 Å². The van der Waals surface area contributed by atoms with Crippen molar-refractivity contribution < 1.29 is 23.7 Å². The second kappa shape index (κ2) is 10.2. The van der Waals surface area contributed by atoms with E-state index in [4.69, 9.17) is 18.9 Å². The molecule has 118 valence electrons. The van der Waals surface area contributed by atoms with Crippen LogP contribution in [0.5, 0.6) is 11.5 Å². The van der Waals surface area contributed by atoms with E-state index in [1.54, 1.807) is 18.2 Å². The molecule has 0 heterocycles. The Hall–Kier alpha value is -1.59. The quantitative estimate of drug-likeness (QED) is 0.464. The second-order valence-electron chi connectivity index (χ2n) is 4.32. The van der Waals surface area contributed by atoms with Crippen molar-refractivity contribution in [2.75, 3.05) is 26.4 Å². The summed E-state index contributed by atoms with van der Waals surface area (Å²) >= 11 is 0. The predicted octanol–water partition coefficient (Wildman–Crippen LogP) is 3.07. The molecule has 0 N–H and O–H groups in total. The number of hydrogen-bond acceptors (Lipinski definition) is 5. The molecule has 5 nitrogen and oxygen atoms in total. The van der Waals surface area contributed by atoms with Gasteiger partial charge in [-0.3, -0.25) is 4.79 Å². The number of carbonyl (C=O) groups is 1. The zero-order valence-electron chi connectivity index (χ0n) is 13.0. The van der Waals surface area contributed by atoms with Crippen LogP contribution in [0.25, 0.3) is 0 Å². The fraction of sp³-hybridized carbons (Fsp3) is 0.562. The third kappa shape index (κ3) is 6.14. The molecule has 0 aliphatic rings. The van der Waals surface area contributed by atoms with Gasteiger partial charge in [0, 0.05) is 19.3 Å². The Bertz CT molecular complexity index is 413. The Kier molecular flexibility index (Phi) is 8.47. The van der Waals surface area contributed by atoms with Crippen molar-refractivity contribution >= 4 is 6.29 Å². The Balaban J connectivity index is 2.71. The van der Waals surface area contributed by atoms with Crippen molar-refractivity contribution in [3.05, 3.63) is 23.8 Å². The topological polar surface area (TPSA) is 54.0 Å². The van der Waals surface area contributed by atoms with Crippen molar-refractivity contribution in [3.63, 3.8) is 0 Å². The van der Waals surface area contributed by atoms with Crippen molar-refractivity contribution in [2.24, 2.45) is 0 Å². The molecule has 0 aromatic heterocycles. The van der Waals surface area contributed by atoms with Crippen LogP contribution in [0.1, 0.15) is 37.6 Å². The molecule has 0 amide bonds. The van der Waals surface area contributed by atoms with Crippen LogP contribution in [0.4, 0.5) is 0 Å². The molecule has 5 heteroatoms. The molecule has 0 bridgehead atoms. The van der Waals surface area contributed by atoms with Crippen molar-refractivity contribution in [2.45, 2.75) is 33.5 Å². The summed E-state index contributed by atoms with van der Waals surface area (Å²) in [6.45, 7) is 7.73. The second-order valence-corrected chi connectivity index (χ2v) is 4.32. The smallest absolute Gasteiger partial charge is 0.191 e. The van der Waals surface area contributed by atoms with E-state index in [-0.39, 0.29) is 6.61 Å². The zero-order chi connectivity index (χ0) is 15.5. The van der Waals surface area contributed by atoms with E-state index in [1.807, 2.05) is 20.8 Å². The van der Waals surface area contributed by atoms with Gasteiger partial charge in [-0.25, -0.2) is 0 Å². The minimum absolute atomic E-state index is 0.222. The van der Waals surface area contributed by atoms with Crippen molar-refractivity contribution in [1.82, 2.24) is 0 Å². The molecule has 0 aliphatic heterocycles. The van der Waals surface area contributed by atoms with Crippen LogP contribution in [0.15, 0.2) is 18.2 Å². The Morgan fingerprint density at radius 2 is 1.81 bits per heavy atom. The number of aldehydes is 1. The van der Waals surface area contributed by atoms with Gasteiger partial charge in [-0.2, -0.15) is 0 Å². The van der Waals surface area contributed by atoms with Crippen LogP contribution in [0, 0.1) is 0 Å². The molecule has 0 atom stereocenters. The first-order valence-corrected chi connectivity index (χ1v) is 7.33. The highest BCUT2D eigenvalue weighted by atomic mass is 16.7. The van der Waals surface area contributed by atoms with E-state index in [0.29, 0.717) is 36.9 Å². The van der Waals surface area contributed by atoms with E-state index in [9.17, 15) is 4.79 Å². The van der Waals surface area contributed by atoms with Gasteiger partial charge in [-0.15, -0.1) is 0 Å². The van der Waals surface area contributed by atoms with E-state index >= 15 is 0 Å². The summed E-state index contributed by atoms with van der Waals surface area (Å²) in [7, 11) is 0. The number of hydrogen-bond donors (Lipinski definition) is 0. The highest BCUT2D eigenvalue weighted by molar-refractivity contribution is 5.79. The first-order valence-electron chi connectivity index (χ1n) is 7.33. The molecule has 21 heavy (non-hydrogen) atoms. The Morgan fingerprint density at radius 3 is 2.38 bits per heavy atom. The zero-order valence-corrected chi connectivity index (χ0v) is 13.0. The number of carbonyl (C=O) groups excluding carboxylic acids is 1. The summed E-state index contributed by atoms with van der Waals surface area (Å²) in [5.41, 5.74) is 0.477. The first-order chi connectivity index (χ1) is 10.2. The number of benzene rings is 1. The summed E-state index contributed by atoms with van der Waals surface area (Å²) in [5.74, 6) is 1.16. The van der Waals surface area contributed by atoms with Gasteiger partial charge in [0.15, 0.2) is 12.6 Å². The summed E-state index contributed by atoms with van der Waals surface area (Å²) in [5, 5.41) is 0. The van der Waals surface area contributed by atoms with Crippen LogP contribution in [-0.2, 0) is 9.47 Å². The maximum absolute atomic E-state index is 11.1. The van der Waals surface area contributed by atoms with Crippen molar-refractivity contribution in [3.8, 4) is 11.5 Å². The summed E-state index contributed by atoms with van der Waals surface area (Å²) in [4.78, 5) is 11.1. The van der Waals surface area contributed by atoms with Gasteiger partial charge in [0.25, 0.3) is 0 Å². The third-order valence-corrected chi connectivity index (χ3v) is 2.66. The Morgan fingerprint density at radius 1 is 1.10 bits per heavy atom. The van der Waals surface area contributed by atoms with Crippen LogP contribution in [-0.4, -0.2) is 39.0 Å². The van der Waals surface area contributed by atoms with E-state index in [0.717, 1.165) is 12.7 Å². The average Bonchev–Trinajstić information content (AvgIpc) is 2.51. The van der Waals surface area contributed by atoms with Gasteiger partial charge >= 0.3 is 0 Å². The van der Waals surface area contributed by atoms with Crippen molar-refractivity contribution in [1.29, 1.82) is 0 Å². The van der Waals surface area contributed by atoms with Crippen LogP contribution in [0.3, 0.4) is 0 Å². The van der Waals surface area contributed by atoms with Crippen LogP contribution in [0.2, 0.25) is 0 Å². The van der Waals surface area contributed by atoms with Gasteiger partial charge < -0.3 is 18.9 Å². The van der Waals surface area contributed by atoms with Crippen LogP contribution >= 0.6 is 0 Å². The van der Waals surface area contributed by atoms with Gasteiger partial charge in [-0.05, 0) is 32.4 Å². The third-order valence-electron chi connectivity index (χ3n) is 2.66. The average molecular weight is 296 g/mol. The molecule has 0 aliphatic carbocycles. The minimum atomic E-state index is -0.445. The lowest BCUT2D eigenvalue weighted by molar-refractivity contribution is -0.152. The van der Waals surface area contributed by atoms with E-state index in [1.165, 1.54) is 0 Å². The number of ether oxygens (including phenoxy) is 4. The highest BCUT2D eigenvalue weighted by Gasteiger charge is 2.12. The van der Waals surface area contributed by atoms with Crippen LogP contribution < -0.4 is 9.47 Å². The summed E-state index contributed by atoms with van der Waals surface area (Å²) in [6.07, 6.45) is 1.23. The van der Waals surface area contributed by atoms with Gasteiger partial charge in [0.1, 0.15) is 18.1 Å². The monoisotopic (exact) mass is 296 g/mol. The SMILES string of the molecule is CCCOc1ccc(C=O)c(OCC(OCC)OCC)c1. The molecule has 0 spiro atoms. The molecule has 1 rings (SSSR count). The lowest BCUT2D eigenvalue weighted by Crippen LogP contribution is -2.25. The lowest BCUT2D eigenvalue weighted by Gasteiger charge is -2.18. The fourth-order valence-electron chi connectivity index (χ4n) is 1.72. The lowest BCUT2D eigenvalue weighted by atomic mass is 10.2. The molecule has 0 unspecified atom stereocenters. The standard InChI is InChI=1S/C16H24O5/c1-4-9-20-14-8-7-13(11-17)15(10-14)21-12-16(18-5-2)19-6-3/h7-8,10-11,16H,4-6,9,12H2,1-3H3. The van der Waals surface area contributed by atoms with Gasteiger partial charge in [-0.1, -0.05) is 6.92 Å². The predicted molar refractivity (Wildman–Crippen MR) is 80.2 cm³/mol. The minimum Gasteiger partial charge on any atom is -0.493 e. The molecule has 0 saturated heterocycles. The Labute approximate surface area is 126 Å². The summed E-state index contributed by atoms with van der Waals surface area (Å²) in [6, 6.07) is 5.16. The summed E-state index contributed by atoms with van der Waals surface area (Å²) < 4.78 is 22.0. The maximum atomic E-state index is 11.1. The highest BCUT2D eigenvalue weighted by Crippen LogP contribution is 2.24. The fourth-order valence-corrected chi connectivity index (χ4v) is 1.72. The normalized spacial score (nSPS) is 10.7. The maximum Gasteiger partial charge on any atom is 0.191 e. The first kappa shape index (κ1) is 17.5. The molecule has 1 aromatic rings. The molecular formula is C16H24O5. The largest absolute Gasteiger partial charge is 0.493 e. The molecule has 0 fully saturated rings. The van der Waals surface area contributed by atoms with Gasteiger partial charge in [0.05, 0.1) is 12.2 Å². The van der Waals surface area contributed by atoms with Gasteiger partial charge in [0.2, 0.25) is 0 Å². The molecule has 1 aromatic carbocycles. The van der Waals surface area contributed by atoms with E-state index < -0.39 is 6.29 Å².